The minimum Gasteiger partial charge on any atom is -0.477 e. The third-order valence-corrected chi connectivity index (χ3v) is 6.00. The average Bonchev–Trinajstić information content (AvgIpc) is 3.24. The van der Waals surface area contributed by atoms with Gasteiger partial charge in [0.25, 0.3) is 11.5 Å². The fourth-order valence-electron chi connectivity index (χ4n) is 4.28. The van der Waals surface area contributed by atoms with E-state index in [-0.39, 0.29) is 46.0 Å². The quantitative estimate of drug-likeness (QED) is 0.332. The number of anilines is 2. The smallest absolute Gasteiger partial charge is 0.275 e. The summed E-state index contributed by atoms with van der Waals surface area (Å²) in [4.78, 5) is 29.1. The van der Waals surface area contributed by atoms with Crippen LogP contribution in [0.25, 0.3) is 33.3 Å². The number of pyridine rings is 1. The second-order valence-corrected chi connectivity index (χ2v) is 8.11. The van der Waals surface area contributed by atoms with E-state index >= 15 is 4.39 Å². The number of benzene rings is 1. The van der Waals surface area contributed by atoms with Crippen LogP contribution < -0.4 is 26.7 Å². The van der Waals surface area contributed by atoms with Crippen molar-refractivity contribution in [3.05, 3.63) is 45.8 Å². The molecule has 0 bridgehead atoms. The summed E-state index contributed by atoms with van der Waals surface area (Å²) in [6.45, 7) is 1.58. The first-order valence-electron chi connectivity index (χ1n) is 10.9. The van der Waals surface area contributed by atoms with Gasteiger partial charge < -0.3 is 21.1 Å². The van der Waals surface area contributed by atoms with Crippen molar-refractivity contribution in [3.8, 4) is 34.3 Å². The maximum atomic E-state index is 15.6. The summed E-state index contributed by atoms with van der Waals surface area (Å²) in [6.07, 6.45) is 0.617. The van der Waals surface area contributed by atoms with Gasteiger partial charge in [0.2, 0.25) is 0 Å². The lowest BCUT2D eigenvalue weighted by atomic mass is 9.96. The first-order valence-corrected chi connectivity index (χ1v) is 10.9. The number of fused-ring (bicyclic) bond motifs is 2. The molecule has 13 heteroatoms. The lowest BCUT2D eigenvalue weighted by molar-refractivity contribution is -0.122. The van der Waals surface area contributed by atoms with Crippen LogP contribution in [0.1, 0.15) is 18.2 Å². The van der Waals surface area contributed by atoms with E-state index in [0.717, 1.165) is 6.07 Å². The van der Waals surface area contributed by atoms with Gasteiger partial charge in [0.1, 0.15) is 23.3 Å². The van der Waals surface area contributed by atoms with Crippen molar-refractivity contribution in [1.82, 2.24) is 25.0 Å². The molecule has 1 amide bonds. The number of hydrogen-bond acceptors (Lipinski definition) is 9. The summed E-state index contributed by atoms with van der Waals surface area (Å²) < 4.78 is 22.6. The fourth-order valence-corrected chi connectivity index (χ4v) is 4.28. The number of rotatable bonds is 4. The van der Waals surface area contributed by atoms with E-state index in [9.17, 15) is 14.9 Å². The number of hydrogen-bond donors (Lipinski definition) is 4. The van der Waals surface area contributed by atoms with Gasteiger partial charge in [-0.1, -0.05) is 0 Å². The van der Waals surface area contributed by atoms with Gasteiger partial charge in [-0.2, -0.15) is 15.5 Å². The van der Waals surface area contributed by atoms with Gasteiger partial charge in [0, 0.05) is 37.7 Å². The van der Waals surface area contributed by atoms with E-state index in [1.165, 1.54) is 17.8 Å². The van der Waals surface area contributed by atoms with Crippen molar-refractivity contribution >= 4 is 28.2 Å². The number of aryl methyl sites for hydroxylation is 1. The first-order chi connectivity index (χ1) is 17.3. The van der Waals surface area contributed by atoms with Crippen molar-refractivity contribution < 1.29 is 13.9 Å². The summed E-state index contributed by atoms with van der Waals surface area (Å²) in [5.41, 5.74) is 6.73. The van der Waals surface area contributed by atoms with Crippen molar-refractivity contribution in [1.29, 1.82) is 5.26 Å². The molecule has 1 aromatic carbocycles. The van der Waals surface area contributed by atoms with Crippen LogP contribution in [0.15, 0.2) is 23.1 Å². The zero-order chi connectivity index (χ0) is 25.7. The van der Waals surface area contributed by atoms with Crippen molar-refractivity contribution in [3.63, 3.8) is 0 Å². The minimum atomic E-state index is -0.866. The van der Waals surface area contributed by atoms with E-state index in [0.29, 0.717) is 22.3 Å². The molecular weight excluding hydrogens is 469 g/mol. The molecule has 0 radical (unpaired) electrons. The normalized spacial score (nSPS) is 14.7. The summed E-state index contributed by atoms with van der Waals surface area (Å²) in [7, 11) is 3.21. The topological polar surface area (TPSA) is 177 Å². The van der Waals surface area contributed by atoms with Crippen LogP contribution in [-0.4, -0.2) is 44.0 Å². The van der Waals surface area contributed by atoms with Crippen LogP contribution in [0.4, 0.5) is 15.9 Å². The lowest BCUT2D eigenvalue weighted by Gasteiger charge is -2.25. The molecule has 1 atom stereocenters. The number of nitrogens with zero attached hydrogens (tertiary/aromatic N) is 5. The maximum Gasteiger partial charge on any atom is 0.275 e. The Morgan fingerprint density at radius 2 is 2.14 bits per heavy atom. The van der Waals surface area contributed by atoms with Crippen LogP contribution in [0.5, 0.6) is 5.75 Å². The Bertz CT molecular complexity index is 1670. The van der Waals surface area contributed by atoms with Crippen LogP contribution >= 0.6 is 0 Å². The van der Waals surface area contributed by atoms with E-state index < -0.39 is 23.4 Å². The number of aromatic amines is 1. The molecule has 0 aliphatic carbocycles. The molecule has 12 nitrogen and oxygen atoms in total. The Labute approximate surface area is 202 Å². The number of amides is 1. The van der Waals surface area contributed by atoms with Crippen molar-refractivity contribution in [2.45, 2.75) is 19.6 Å². The Kier molecular flexibility index (Phi) is 5.37. The molecule has 1 aliphatic rings. The van der Waals surface area contributed by atoms with E-state index in [4.69, 9.17) is 10.5 Å². The summed E-state index contributed by atoms with van der Waals surface area (Å²) >= 11 is 0. The second kappa shape index (κ2) is 8.43. The van der Waals surface area contributed by atoms with Gasteiger partial charge in [-0.3, -0.25) is 14.3 Å². The number of nitrogens with two attached hydrogens (primary N) is 1. The van der Waals surface area contributed by atoms with Gasteiger partial charge in [-0.05, 0) is 13.0 Å². The zero-order valence-electron chi connectivity index (χ0n) is 19.4. The van der Waals surface area contributed by atoms with Gasteiger partial charge in [0.05, 0.1) is 39.9 Å². The Morgan fingerprint density at radius 1 is 1.36 bits per heavy atom. The van der Waals surface area contributed by atoms with Gasteiger partial charge in [-0.15, -0.1) is 0 Å². The highest BCUT2D eigenvalue weighted by Gasteiger charge is 2.32. The number of nitrogens with one attached hydrogen (secondary N) is 3. The van der Waals surface area contributed by atoms with E-state index in [1.807, 2.05) is 6.07 Å². The van der Waals surface area contributed by atoms with Crippen molar-refractivity contribution in [2.24, 2.45) is 12.8 Å². The molecule has 4 heterocycles. The lowest BCUT2D eigenvalue weighted by Crippen LogP contribution is -2.35. The fraction of sp³-hybridized carbons (Fsp3) is 0.217. The number of H-pyrrole nitrogens is 1. The number of carbonyl (C=O) groups is 1. The number of nitriles is 1. The van der Waals surface area contributed by atoms with Gasteiger partial charge in [-0.25, -0.2) is 14.5 Å². The minimum absolute atomic E-state index is 0.0546. The molecule has 182 valence electrons. The highest BCUT2D eigenvalue weighted by Crippen LogP contribution is 2.43. The highest BCUT2D eigenvalue weighted by atomic mass is 19.1. The second-order valence-electron chi connectivity index (χ2n) is 8.11. The standard InChI is InChI=1S/C23H20FN9O3/c1-9-22(34)30-15-5-13(24)17(11(6-25)20(15)36-9)19-12(8-28-33(19)3)14-4-10-16(7-26)31-32-23(35)18(10)21(27-2)29-14/h4-5,8-9H,7,26H2,1-3H3,(H,27,29)(H,30,34)(H,32,35)/t9-/m1/s1. The molecule has 0 fully saturated rings. The van der Waals surface area contributed by atoms with Crippen molar-refractivity contribution in [2.75, 3.05) is 17.7 Å². The largest absolute Gasteiger partial charge is 0.477 e. The molecule has 5 N–H and O–H groups in total. The SMILES string of the molecule is CNc1nc(-c2cnn(C)c2-c2c(F)cc3c(c2C#N)O[C@H](C)C(=O)N3)cc2c(CN)n[nH]c(=O)c12. The zero-order valence-corrected chi connectivity index (χ0v) is 19.4. The molecule has 0 saturated carbocycles. The number of carbonyl (C=O) groups excluding carboxylic acids is 1. The molecule has 0 unspecified atom stereocenters. The molecule has 0 spiro atoms. The molecule has 3 aromatic heterocycles. The van der Waals surface area contributed by atoms with Crippen LogP contribution in [0.3, 0.4) is 0 Å². The van der Waals surface area contributed by atoms with E-state index in [1.54, 1.807) is 20.2 Å². The molecule has 4 aromatic rings. The maximum absolute atomic E-state index is 15.6. The van der Waals surface area contributed by atoms with E-state index in [2.05, 4.69) is 30.9 Å². The predicted octanol–water partition coefficient (Wildman–Crippen LogP) is 1.62. The van der Waals surface area contributed by atoms with Gasteiger partial charge in [0.15, 0.2) is 11.9 Å². The average molecular weight is 489 g/mol. The summed E-state index contributed by atoms with van der Waals surface area (Å²) in [5.74, 6) is -0.873. The van der Waals surface area contributed by atoms with Crippen LogP contribution in [0, 0.1) is 17.1 Å². The molecule has 36 heavy (non-hydrogen) atoms. The third-order valence-electron chi connectivity index (χ3n) is 6.00. The Balaban J connectivity index is 1.81. The predicted molar refractivity (Wildman–Crippen MR) is 129 cm³/mol. The number of aromatic nitrogens is 5. The number of ether oxygens (including phenoxy) is 1. The summed E-state index contributed by atoms with van der Waals surface area (Å²) in [6, 6.07) is 4.74. The molecule has 1 aliphatic heterocycles. The first kappa shape index (κ1) is 22.9. The van der Waals surface area contributed by atoms with Gasteiger partial charge >= 0.3 is 0 Å². The van der Waals surface area contributed by atoms with Crippen LogP contribution in [-0.2, 0) is 18.4 Å². The monoisotopic (exact) mass is 489 g/mol. The molecule has 0 saturated heterocycles. The summed E-state index contributed by atoms with van der Waals surface area (Å²) in [5, 5.41) is 26.9. The Morgan fingerprint density at radius 3 is 2.83 bits per heavy atom. The third kappa shape index (κ3) is 3.35. The Hall–Kier alpha value is -4.83. The molecular formula is C23H20FN9O3. The van der Waals surface area contributed by atoms with Crippen LogP contribution in [0.2, 0.25) is 0 Å². The highest BCUT2D eigenvalue weighted by molar-refractivity contribution is 6.00. The molecule has 5 rings (SSSR count). The number of halogens is 1.